The van der Waals surface area contributed by atoms with Crippen LogP contribution in [-0.4, -0.2) is 58.8 Å². The van der Waals surface area contributed by atoms with Gasteiger partial charge in [0.15, 0.2) is 0 Å². The Kier molecular flexibility index (Phi) is 10.9. The van der Waals surface area contributed by atoms with Crippen LogP contribution in [-0.2, 0) is 19.0 Å². The number of aryl methyl sites for hydroxylation is 1. The van der Waals surface area contributed by atoms with Gasteiger partial charge < -0.3 is 28.4 Å². The van der Waals surface area contributed by atoms with E-state index in [2.05, 4.69) is 6.58 Å². The Morgan fingerprint density at radius 3 is 2.09 bits per heavy atom. The van der Waals surface area contributed by atoms with Gasteiger partial charge >= 0.3 is 5.97 Å². The zero-order chi connectivity index (χ0) is 24.7. The van der Waals surface area contributed by atoms with E-state index in [4.69, 9.17) is 28.4 Å². The summed E-state index contributed by atoms with van der Waals surface area (Å²) in [6, 6.07) is 19.7. The molecule has 3 rings (SSSR count). The summed E-state index contributed by atoms with van der Waals surface area (Å²) in [5.74, 6) is 1.98. The lowest BCUT2D eigenvalue weighted by molar-refractivity contribution is -0.139. The first kappa shape index (κ1) is 26.1. The lowest BCUT2D eigenvalue weighted by atomic mass is 10.0. The Balaban J connectivity index is 1.42. The predicted octanol–water partition coefficient (Wildman–Crippen LogP) is 4.75. The molecule has 3 aromatic rings. The van der Waals surface area contributed by atoms with Crippen LogP contribution in [0.2, 0.25) is 0 Å². The molecule has 0 bridgehead atoms. The summed E-state index contributed by atoms with van der Waals surface area (Å²) in [4.78, 5) is 10.9. The van der Waals surface area contributed by atoms with Gasteiger partial charge in [-0.2, -0.15) is 0 Å². The van der Waals surface area contributed by atoms with Crippen LogP contribution in [0, 0.1) is 6.92 Å². The first-order valence-corrected chi connectivity index (χ1v) is 11.6. The van der Waals surface area contributed by atoms with Crippen molar-refractivity contribution in [2.45, 2.75) is 6.92 Å². The number of esters is 1. The Morgan fingerprint density at radius 1 is 0.743 bits per heavy atom. The van der Waals surface area contributed by atoms with Gasteiger partial charge in [0, 0.05) is 16.8 Å². The lowest BCUT2D eigenvalue weighted by Crippen LogP contribution is -2.14. The van der Waals surface area contributed by atoms with E-state index in [-0.39, 0.29) is 6.61 Å². The van der Waals surface area contributed by atoms with Crippen LogP contribution in [0.4, 0.5) is 0 Å². The summed E-state index contributed by atoms with van der Waals surface area (Å²) in [5.41, 5.74) is 0.986. The van der Waals surface area contributed by atoms with E-state index >= 15 is 0 Å². The smallest absolute Gasteiger partial charge is 0.330 e. The van der Waals surface area contributed by atoms with E-state index in [1.807, 2.05) is 67.6 Å². The highest BCUT2D eigenvalue weighted by molar-refractivity contribution is 5.94. The number of ether oxygens (including phenoxy) is 6. The molecule has 0 unspecified atom stereocenters. The number of hydrogen-bond donors (Lipinski definition) is 0. The molecule has 186 valence electrons. The molecular weight excluding hydrogens is 448 g/mol. The topological polar surface area (TPSA) is 72.5 Å². The molecule has 7 nitrogen and oxygen atoms in total. The van der Waals surface area contributed by atoms with Crippen molar-refractivity contribution in [2.75, 3.05) is 52.9 Å². The maximum atomic E-state index is 10.9. The fourth-order valence-corrected chi connectivity index (χ4v) is 3.37. The molecule has 0 N–H and O–H groups in total. The molecule has 0 aliphatic rings. The van der Waals surface area contributed by atoms with Crippen molar-refractivity contribution < 1.29 is 33.2 Å². The molecular formula is C28H32O7. The molecule has 0 aliphatic heterocycles. The molecule has 0 amide bonds. The average Bonchev–Trinajstić information content (AvgIpc) is 2.89. The van der Waals surface area contributed by atoms with Gasteiger partial charge in [0.25, 0.3) is 0 Å². The highest BCUT2D eigenvalue weighted by Crippen LogP contribution is 2.36. The molecule has 7 heteroatoms. The molecule has 0 atom stereocenters. The number of rotatable bonds is 16. The van der Waals surface area contributed by atoms with Crippen molar-refractivity contribution in [2.24, 2.45) is 0 Å². The molecule has 0 saturated heterocycles. The van der Waals surface area contributed by atoms with Crippen LogP contribution >= 0.6 is 0 Å². The van der Waals surface area contributed by atoms with Crippen LogP contribution < -0.4 is 14.2 Å². The Labute approximate surface area is 206 Å². The van der Waals surface area contributed by atoms with Crippen molar-refractivity contribution in [1.29, 1.82) is 0 Å². The maximum absolute atomic E-state index is 10.9. The molecule has 0 fully saturated rings. The molecule has 0 heterocycles. The van der Waals surface area contributed by atoms with Crippen molar-refractivity contribution in [1.82, 2.24) is 0 Å². The largest absolute Gasteiger partial charge is 0.490 e. The van der Waals surface area contributed by atoms with Crippen molar-refractivity contribution in [3.8, 4) is 17.2 Å². The molecule has 0 spiro atoms. The predicted molar refractivity (Wildman–Crippen MR) is 134 cm³/mol. The van der Waals surface area contributed by atoms with Crippen LogP contribution in [0.3, 0.4) is 0 Å². The third kappa shape index (κ3) is 8.63. The Hall–Kier alpha value is -3.55. The van der Waals surface area contributed by atoms with E-state index in [1.165, 1.54) is 0 Å². The zero-order valence-electron chi connectivity index (χ0n) is 20.1. The van der Waals surface area contributed by atoms with E-state index in [9.17, 15) is 4.79 Å². The van der Waals surface area contributed by atoms with Crippen LogP contribution in [0.5, 0.6) is 17.2 Å². The van der Waals surface area contributed by atoms with Gasteiger partial charge in [-0.05, 0) is 30.7 Å². The van der Waals surface area contributed by atoms with Crippen LogP contribution in [0.1, 0.15) is 5.56 Å². The summed E-state index contributed by atoms with van der Waals surface area (Å²) in [7, 11) is 0. The minimum Gasteiger partial charge on any atom is -0.490 e. The van der Waals surface area contributed by atoms with E-state index in [1.54, 1.807) is 0 Å². The van der Waals surface area contributed by atoms with Crippen molar-refractivity contribution in [3.05, 3.63) is 78.9 Å². The molecule has 3 aromatic carbocycles. The quantitative estimate of drug-likeness (QED) is 0.166. The molecule has 0 radical (unpaired) electrons. The van der Waals surface area contributed by atoms with Crippen LogP contribution in [0.15, 0.2) is 73.3 Å². The second-order valence-corrected chi connectivity index (χ2v) is 7.52. The average molecular weight is 481 g/mol. The van der Waals surface area contributed by atoms with Gasteiger partial charge in [-0.15, -0.1) is 0 Å². The second kappa shape index (κ2) is 14.7. The van der Waals surface area contributed by atoms with Gasteiger partial charge in [-0.1, -0.05) is 49.0 Å². The third-order valence-corrected chi connectivity index (χ3v) is 4.98. The first-order valence-electron chi connectivity index (χ1n) is 11.6. The number of carbonyl (C=O) groups excluding carboxylic acids is 1. The SMILES string of the molecule is C=CC(=O)OCCOCCOCCOc1c(C)cc(OCCOc2ccccc2)c2ccccc12. The number of benzene rings is 3. The first-order chi connectivity index (χ1) is 17.2. The summed E-state index contributed by atoms with van der Waals surface area (Å²) in [5, 5.41) is 1.98. The fourth-order valence-electron chi connectivity index (χ4n) is 3.37. The normalized spacial score (nSPS) is 10.7. The fraction of sp³-hybridized carbons (Fsp3) is 0.321. The molecule has 35 heavy (non-hydrogen) atoms. The lowest BCUT2D eigenvalue weighted by Gasteiger charge is -2.16. The Morgan fingerprint density at radius 2 is 1.34 bits per heavy atom. The summed E-state index contributed by atoms with van der Waals surface area (Å²) >= 11 is 0. The third-order valence-electron chi connectivity index (χ3n) is 4.98. The van der Waals surface area contributed by atoms with Crippen molar-refractivity contribution in [3.63, 3.8) is 0 Å². The number of para-hydroxylation sites is 1. The minimum atomic E-state index is -0.457. The summed E-state index contributed by atoms with van der Waals surface area (Å²) < 4.78 is 33.6. The van der Waals surface area contributed by atoms with Crippen molar-refractivity contribution >= 4 is 16.7 Å². The summed E-state index contributed by atoms with van der Waals surface area (Å²) in [6.07, 6.45) is 1.12. The van der Waals surface area contributed by atoms with E-state index in [0.29, 0.717) is 46.2 Å². The van der Waals surface area contributed by atoms with Gasteiger partial charge in [0.1, 0.15) is 43.7 Å². The second-order valence-electron chi connectivity index (χ2n) is 7.52. The van der Waals surface area contributed by atoms with E-state index < -0.39 is 5.97 Å². The van der Waals surface area contributed by atoms with Gasteiger partial charge in [-0.25, -0.2) is 4.79 Å². The van der Waals surface area contributed by atoms with Gasteiger partial charge in [0.2, 0.25) is 0 Å². The number of hydrogen-bond acceptors (Lipinski definition) is 7. The maximum Gasteiger partial charge on any atom is 0.330 e. The monoisotopic (exact) mass is 480 g/mol. The molecule has 0 aromatic heterocycles. The minimum absolute atomic E-state index is 0.195. The number of fused-ring (bicyclic) bond motifs is 1. The molecule has 0 aliphatic carbocycles. The molecule has 0 saturated carbocycles. The van der Waals surface area contributed by atoms with Gasteiger partial charge in [0.05, 0.1) is 26.4 Å². The summed E-state index contributed by atoms with van der Waals surface area (Å²) in [6.45, 7) is 8.41. The number of carbonyl (C=O) groups is 1. The standard InChI is InChI=1S/C28H32O7/c1-3-27(29)34-17-15-30-13-14-31-16-18-35-28-22(2)21-26(24-11-7-8-12-25(24)28)33-20-19-32-23-9-5-4-6-10-23/h3-12,21H,1,13-20H2,2H3. The van der Waals surface area contributed by atoms with E-state index in [0.717, 1.165) is 39.7 Å². The zero-order valence-corrected chi connectivity index (χ0v) is 20.1. The highest BCUT2D eigenvalue weighted by atomic mass is 16.6. The Bertz CT molecular complexity index is 1070. The highest BCUT2D eigenvalue weighted by Gasteiger charge is 2.12. The van der Waals surface area contributed by atoms with Gasteiger partial charge in [-0.3, -0.25) is 0 Å². The van der Waals surface area contributed by atoms with Crippen LogP contribution in [0.25, 0.3) is 10.8 Å².